The first kappa shape index (κ1) is 24.3. The third kappa shape index (κ3) is 4.60. The quantitative estimate of drug-likeness (QED) is 0.183. The number of aromatic nitrogens is 1. The van der Waals surface area contributed by atoms with E-state index in [-0.39, 0.29) is 5.75 Å². The fourth-order valence-electron chi connectivity index (χ4n) is 5.15. The number of esters is 1. The zero-order valence-corrected chi connectivity index (χ0v) is 20.9. The summed E-state index contributed by atoms with van der Waals surface area (Å²) < 4.78 is 6.15. The number of hydrogen-bond donors (Lipinski definition) is 2. The fourth-order valence-corrected chi connectivity index (χ4v) is 5.15. The van der Waals surface area contributed by atoms with Crippen LogP contribution in [0.25, 0.3) is 32.7 Å². The maximum Gasteiger partial charge on any atom is 0.321 e. The zero-order valence-electron chi connectivity index (χ0n) is 20.9. The second-order valence-corrected chi connectivity index (χ2v) is 9.38. The van der Waals surface area contributed by atoms with Crippen LogP contribution in [0, 0.1) is 0 Å². The molecule has 0 aliphatic rings. The average Bonchev–Trinajstić information content (AvgIpc) is 2.98. The summed E-state index contributed by atoms with van der Waals surface area (Å²) in [6.45, 7) is 0. The van der Waals surface area contributed by atoms with Crippen LogP contribution < -0.4 is 4.74 Å². The van der Waals surface area contributed by atoms with Crippen LogP contribution in [0.3, 0.4) is 0 Å². The third-order valence-corrected chi connectivity index (χ3v) is 7.03. The first-order chi connectivity index (χ1) is 19.1. The number of pyridine rings is 1. The lowest BCUT2D eigenvalue weighted by Gasteiger charge is -2.23. The van der Waals surface area contributed by atoms with E-state index in [4.69, 9.17) is 4.74 Å². The van der Waals surface area contributed by atoms with E-state index in [0.717, 1.165) is 21.5 Å². The van der Waals surface area contributed by atoms with Gasteiger partial charge in [0.15, 0.2) is 0 Å². The Morgan fingerprint density at radius 1 is 0.641 bits per heavy atom. The fraction of sp³-hybridized carbons (Fsp3) is 0.0588. The van der Waals surface area contributed by atoms with Gasteiger partial charge in [-0.05, 0) is 56.9 Å². The maximum atomic E-state index is 13.9. The summed E-state index contributed by atoms with van der Waals surface area (Å²) in [7, 11) is 0. The SMILES string of the molecule is O=C(Oc1ccc2ccccc2c1-c1c(O)ccc2ccccc12)[C@@H](c1ccccc1)[C@@H](O)c1ccncc1. The lowest BCUT2D eigenvalue weighted by atomic mass is 9.89. The Morgan fingerprint density at radius 3 is 1.92 bits per heavy atom. The first-order valence-electron chi connectivity index (χ1n) is 12.7. The van der Waals surface area contributed by atoms with Gasteiger partial charge in [0.05, 0.1) is 6.10 Å². The van der Waals surface area contributed by atoms with E-state index in [1.54, 1.807) is 48.8 Å². The van der Waals surface area contributed by atoms with Crippen molar-refractivity contribution in [1.29, 1.82) is 0 Å². The Bertz CT molecular complexity index is 1780. The first-order valence-corrected chi connectivity index (χ1v) is 12.7. The molecule has 0 spiro atoms. The van der Waals surface area contributed by atoms with Crippen molar-refractivity contribution >= 4 is 27.5 Å². The van der Waals surface area contributed by atoms with Crippen LogP contribution in [0.4, 0.5) is 0 Å². The van der Waals surface area contributed by atoms with Gasteiger partial charge in [-0.25, -0.2) is 0 Å². The number of benzene rings is 5. The molecule has 0 saturated carbocycles. The number of phenols is 1. The molecule has 2 atom stereocenters. The molecule has 39 heavy (non-hydrogen) atoms. The van der Waals surface area contributed by atoms with Crippen LogP contribution >= 0.6 is 0 Å². The largest absolute Gasteiger partial charge is 0.507 e. The highest BCUT2D eigenvalue weighted by atomic mass is 16.5. The summed E-state index contributed by atoms with van der Waals surface area (Å²) in [5.74, 6) is -1.22. The standard InChI is InChI=1S/C34H25NO4/c36-28-16-14-22-8-4-6-12-26(22)31(28)32-27-13-7-5-9-23(27)15-17-29(32)39-34(38)30(24-10-2-1-3-11-24)33(37)25-18-20-35-21-19-25/h1-21,30,33,36-37H/t30-,33-/m0/s1. The number of aliphatic hydroxyl groups is 1. The van der Waals surface area contributed by atoms with Crippen LogP contribution in [0.2, 0.25) is 0 Å². The van der Waals surface area contributed by atoms with Crippen molar-refractivity contribution in [2.45, 2.75) is 12.0 Å². The summed E-state index contributed by atoms with van der Waals surface area (Å²) in [4.78, 5) is 18.0. The molecular formula is C34H25NO4. The molecule has 0 unspecified atom stereocenters. The predicted molar refractivity (Wildman–Crippen MR) is 153 cm³/mol. The summed E-state index contributed by atoms with van der Waals surface area (Å²) >= 11 is 0. The van der Waals surface area contributed by atoms with Crippen molar-refractivity contribution in [3.05, 3.63) is 139 Å². The van der Waals surface area contributed by atoms with E-state index >= 15 is 0 Å². The number of hydrogen-bond acceptors (Lipinski definition) is 5. The van der Waals surface area contributed by atoms with Crippen molar-refractivity contribution in [1.82, 2.24) is 4.98 Å². The van der Waals surface area contributed by atoms with Gasteiger partial charge in [0, 0.05) is 23.5 Å². The number of nitrogens with zero attached hydrogens (tertiary/aromatic N) is 1. The van der Waals surface area contributed by atoms with Crippen LogP contribution in [0.15, 0.2) is 128 Å². The van der Waals surface area contributed by atoms with Gasteiger partial charge in [0.2, 0.25) is 0 Å². The zero-order chi connectivity index (χ0) is 26.8. The molecule has 0 fully saturated rings. The van der Waals surface area contributed by atoms with Crippen molar-refractivity contribution in [2.75, 3.05) is 0 Å². The number of rotatable bonds is 6. The molecule has 0 bridgehead atoms. The van der Waals surface area contributed by atoms with E-state index in [9.17, 15) is 15.0 Å². The molecule has 0 amide bonds. The molecular weight excluding hydrogens is 486 g/mol. The highest BCUT2D eigenvalue weighted by Gasteiger charge is 2.32. The van der Waals surface area contributed by atoms with Crippen molar-refractivity contribution in [3.63, 3.8) is 0 Å². The van der Waals surface area contributed by atoms with E-state index in [0.29, 0.717) is 28.0 Å². The molecule has 5 aromatic carbocycles. The highest BCUT2D eigenvalue weighted by molar-refractivity contribution is 6.10. The molecule has 190 valence electrons. The Labute approximate surface area is 225 Å². The number of carbonyl (C=O) groups excluding carboxylic acids is 1. The maximum absolute atomic E-state index is 13.9. The van der Waals surface area contributed by atoms with Crippen molar-refractivity contribution in [3.8, 4) is 22.6 Å². The molecule has 0 aliphatic carbocycles. The molecule has 0 saturated heterocycles. The van der Waals surface area contributed by atoms with E-state index in [1.807, 2.05) is 78.9 Å². The number of aromatic hydroxyl groups is 1. The van der Waals surface area contributed by atoms with Gasteiger partial charge >= 0.3 is 5.97 Å². The molecule has 6 aromatic rings. The van der Waals surface area contributed by atoms with Crippen LogP contribution in [-0.4, -0.2) is 21.2 Å². The predicted octanol–water partition coefficient (Wildman–Crippen LogP) is 7.18. The van der Waals surface area contributed by atoms with Crippen LogP contribution in [0.5, 0.6) is 11.5 Å². The minimum Gasteiger partial charge on any atom is -0.507 e. The Balaban J connectivity index is 1.52. The monoisotopic (exact) mass is 511 g/mol. The van der Waals surface area contributed by atoms with Crippen LogP contribution in [-0.2, 0) is 4.79 Å². The number of carbonyl (C=O) groups is 1. The minimum atomic E-state index is -1.15. The van der Waals surface area contributed by atoms with Crippen LogP contribution in [0.1, 0.15) is 23.1 Å². The summed E-state index contributed by atoms with van der Waals surface area (Å²) in [5.41, 5.74) is 2.38. The van der Waals surface area contributed by atoms with Crippen molar-refractivity contribution in [2.24, 2.45) is 0 Å². The Morgan fingerprint density at radius 2 is 1.23 bits per heavy atom. The molecule has 6 rings (SSSR count). The number of phenolic OH excluding ortho intramolecular Hbond substituents is 1. The minimum absolute atomic E-state index is 0.0822. The summed E-state index contributed by atoms with van der Waals surface area (Å²) in [6.07, 6.45) is 2.01. The molecule has 0 radical (unpaired) electrons. The molecule has 2 N–H and O–H groups in total. The highest BCUT2D eigenvalue weighted by Crippen LogP contribution is 2.45. The lowest BCUT2D eigenvalue weighted by Crippen LogP contribution is -2.25. The summed E-state index contributed by atoms with van der Waals surface area (Å²) in [6, 6.07) is 35.2. The van der Waals surface area contributed by atoms with E-state index in [1.165, 1.54) is 0 Å². The van der Waals surface area contributed by atoms with Gasteiger partial charge in [0.1, 0.15) is 17.4 Å². The normalized spacial score (nSPS) is 12.7. The van der Waals surface area contributed by atoms with Gasteiger partial charge in [-0.2, -0.15) is 0 Å². The van der Waals surface area contributed by atoms with Gasteiger partial charge in [-0.3, -0.25) is 9.78 Å². The smallest absolute Gasteiger partial charge is 0.321 e. The number of aliphatic hydroxyl groups excluding tert-OH is 1. The van der Waals surface area contributed by atoms with Gasteiger partial charge in [-0.1, -0.05) is 91.0 Å². The molecule has 5 nitrogen and oxygen atoms in total. The molecule has 5 heteroatoms. The van der Waals surface area contributed by atoms with E-state index < -0.39 is 18.0 Å². The lowest BCUT2D eigenvalue weighted by molar-refractivity contribution is -0.139. The molecule has 0 aliphatic heterocycles. The van der Waals surface area contributed by atoms with Gasteiger partial charge < -0.3 is 14.9 Å². The topological polar surface area (TPSA) is 79.7 Å². The Hall–Kier alpha value is -5.00. The number of ether oxygens (including phenoxy) is 1. The summed E-state index contributed by atoms with van der Waals surface area (Å²) in [5, 5.41) is 26.0. The van der Waals surface area contributed by atoms with Gasteiger partial charge in [0.25, 0.3) is 0 Å². The number of fused-ring (bicyclic) bond motifs is 2. The molecule has 1 heterocycles. The third-order valence-electron chi connectivity index (χ3n) is 7.03. The van der Waals surface area contributed by atoms with Gasteiger partial charge in [-0.15, -0.1) is 0 Å². The second kappa shape index (κ2) is 10.4. The second-order valence-electron chi connectivity index (χ2n) is 9.38. The van der Waals surface area contributed by atoms with E-state index in [2.05, 4.69) is 4.98 Å². The molecule has 1 aromatic heterocycles. The van der Waals surface area contributed by atoms with Crippen molar-refractivity contribution < 1.29 is 19.7 Å². The average molecular weight is 512 g/mol. The Kier molecular flexibility index (Phi) is 6.49.